The van der Waals surface area contributed by atoms with Crippen molar-refractivity contribution in [2.45, 2.75) is 16.1 Å². The quantitative estimate of drug-likeness (QED) is 0.693. The van der Waals surface area contributed by atoms with E-state index in [1.54, 1.807) is 11.8 Å². The molecule has 0 spiro atoms. The van der Waals surface area contributed by atoms with E-state index >= 15 is 0 Å². The Morgan fingerprint density at radius 2 is 2.14 bits per heavy atom. The molecule has 3 heteroatoms. The van der Waals surface area contributed by atoms with Crippen LogP contribution in [0.15, 0.2) is 35.2 Å². The van der Waals surface area contributed by atoms with Crippen LogP contribution in [-0.4, -0.2) is 17.3 Å². The molecule has 0 radical (unpaired) electrons. The molecule has 0 aromatic heterocycles. The van der Waals surface area contributed by atoms with Crippen molar-refractivity contribution in [2.75, 3.05) is 6.61 Å². The van der Waals surface area contributed by atoms with E-state index in [2.05, 4.69) is 12.1 Å². The van der Waals surface area contributed by atoms with E-state index in [4.69, 9.17) is 4.74 Å². The fourth-order valence-electron chi connectivity index (χ4n) is 1.90. The van der Waals surface area contributed by atoms with Crippen molar-refractivity contribution in [1.82, 2.24) is 0 Å². The van der Waals surface area contributed by atoms with Crippen molar-refractivity contribution in [1.29, 1.82) is 0 Å². The van der Waals surface area contributed by atoms with Gasteiger partial charge in [-0.1, -0.05) is 18.2 Å². The maximum atomic E-state index is 11.2. The minimum Gasteiger partial charge on any atom is -0.464 e. The van der Waals surface area contributed by atoms with E-state index in [-0.39, 0.29) is 16.6 Å². The van der Waals surface area contributed by atoms with E-state index in [9.17, 15) is 4.79 Å². The molecule has 72 valence electrons. The summed E-state index contributed by atoms with van der Waals surface area (Å²) >= 11 is 1.79. The van der Waals surface area contributed by atoms with Crippen LogP contribution in [0.3, 0.4) is 0 Å². The molecule has 1 aromatic carbocycles. The number of hydrogen-bond acceptors (Lipinski definition) is 3. The number of hydrogen-bond donors (Lipinski definition) is 0. The summed E-state index contributed by atoms with van der Waals surface area (Å²) in [6, 6.07) is 10.2. The van der Waals surface area contributed by atoms with Crippen LogP contribution in [0, 0.1) is 5.92 Å². The van der Waals surface area contributed by atoms with Gasteiger partial charge in [0, 0.05) is 4.90 Å². The number of benzene rings is 1. The molecule has 2 aliphatic rings. The summed E-state index contributed by atoms with van der Waals surface area (Å²) < 4.78 is 5.11. The first-order valence-corrected chi connectivity index (χ1v) is 5.53. The Bertz CT molecular complexity index is 376. The normalized spacial score (nSPS) is 33.7. The second-order valence-corrected chi connectivity index (χ2v) is 5.33. The Hall–Kier alpha value is -0.960. The van der Waals surface area contributed by atoms with Gasteiger partial charge in [-0.25, -0.2) is 0 Å². The van der Waals surface area contributed by atoms with Crippen molar-refractivity contribution in [3.63, 3.8) is 0 Å². The van der Waals surface area contributed by atoms with Crippen LogP contribution in [0.25, 0.3) is 0 Å². The van der Waals surface area contributed by atoms with Gasteiger partial charge in [0.05, 0.1) is 10.7 Å². The smallest absolute Gasteiger partial charge is 0.310 e. The average Bonchev–Trinajstić information content (AvgIpc) is 2.84. The molecule has 1 heterocycles. The fourth-order valence-corrected chi connectivity index (χ4v) is 3.27. The van der Waals surface area contributed by atoms with Gasteiger partial charge in [-0.2, -0.15) is 0 Å². The summed E-state index contributed by atoms with van der Waals surface area (Å²) in [4.78, 5) is 12.4. The molecular formula is C11H10O2S. The molecule has 1 aliphatic carbocycles. The summed E-state index contributed by atoms with van der Waals surface area (Å²) in [5.74, 6) is 0.154. The van der Waals surface area contributed by atoms with E-state index < -0.39 is 0 Å². The van der Waals surface area contributed by atoms with Crippen LogP contribution >= 0.6 is 11.8 Å². The zero-order chi connectivity index (χ0) is 9.60. The molecule has 2 atom stereocenters. The van der Waals surface area contributed by atoms with Crippen molar-refractivity contribution < 1.29 is 9.53 Å². The molecule has 0 bridgehead atoms. The highest BCUT2D eigenvalue weighted by Gasteiger charge is 2.65. The second-order valence-electron chi connectivity index (χ2n) is 3.84. The number of thioether (sulfide) groups is 1. The summed E-state index contributed by atoms with van der Waals surface area (Å²) in [6.07, 6.45) is 0.991. The SMILES string of the molecule is O=C1OC[C@@]2(Sc3ccccc3)C[C@@H]12. The Morgan fingerprint density at radius 3 is 2.71 bits per heavy atom. The fraction of sp³-hybridized carbons (Fsp3) is 0.364. The molecule has 2 nitrogen and oxygen atoms in total. The third kappa shape index (κ3) is 1.16. The predicted octanol–water partition coefficient (Wildman–Crippen LogP) is 2.09. The number of cyclic esters (lactones) is 1. The molecule has 1 aromatic rings. The van der Waals surface area contributed by atoms with E-state index in [0.29, 0.717) is 6.61 Å². The van der Waals surface area contributed by atoms with Crippen molar-refractivity contribution in [3.05, 3.63) is 30.3 Å². The molecule has 2 fully saturated rings. The molecule has 3 rings (SSSR count). The lowest BCUT2D eigenvalue weighted by Crippen LogP contribution is -2.07. The van der Waals surface area contributed by atoms with Crippen LogP contribution in [0.5, 0.6) is 0 Å². The highest BCUT2D eigenvalue weighted by Crippen LogP contribution is 2.60. The number of carbonyl (C=O) groups is 1. The van der Waals surface area contributed by atoms with Gasteiger partial charge in [-0.05, 0) is 18.6 Å². The molecule has 1 aliphatic heterocycles. The van der Waals surface area contributed by atoms with Crippen LogP contribution in [0.1, 0.15) is 6.42 Å². The van der Waals surface area contributed by atoms with Crippen LogP contribution < -0.4 is 0 Å². The number of ether oxygens (including phenoxy) is 1. The second kappa shape index (κ2) is 2.76. The zero-order valence-corrected chi connectivity index (χ0v) is 8.42. The highest BCUT2D eigenvalue weighted by molar-refractivity contribution is 8.01. The summed E-state index contributed by atoms with van der Waals surface area (Å²) in [5.41, 5.74) is 0. The third-order valence-electron chi connectivity index (χ3n) is 2.83. The lowest BCUT2D eigenvalue weighted by molar-refractivity contribution is -0.140. The average molecular weight is 206 g/mol. The number of carbonyl (C=O) groups excluding carboxylic acids is 1. The van der Waals surface area contributed by atoms with Gasteiger partial charge in [-0.3, -0.25) is 4.79 Å². The maximum absolute atomic E-state index is 11.2. The van der Waals surface area contributed by atoms with Gasteiger partial charge < -0.3 is 4.74 Å². The molecule has 14 heavy (non-hydrogen) atoms. The lowest BCUT2D eigenvalue weighted by Gasteiger charge is -2.08. The zero-order valence-electron chi connectivity index (χ0n) is 7.60. The largest absolute Gasteiger partial charge is 0.464 e. The molecule has 1 saturated carbocycles. The lowest BCUT2D eigenvalue weighted by atomic mass is 10.4. The molecule has 0 unspecified atom stereocenters. The van der Waals surface area contributed by atoms with E-state index in [0.717, 1.165) is 6.42 Å². The van der Waals surface area contributed by atoms with Gasteiger partial charge in [0.2, 0.25) is 0 Å². The Morgan fingerprint density at radius 1 is 1.36 bits per heavy atom. The van der Waals surface area contributed by atoms with Gasteiger partial charge in [0.1, 0.15) is 6.61 Å². The van der Waals surface area contributed by atoms with Gasteiger partial charge in [0.15, 0.2) is 0 Å². The van der Waals surface area contributed by atoms with Gasteiger partial charge in [-0.15, -0.1) is 11.8 Å². The first kappa shape index (κ1) is 8.36. The van der Waals surface area contributed by atoms with Crippen molar-refractivity contribution in [2.24, 2.45) is 5.92 Å². The predicted molar refractivity (Wildman–Crippen MR) is 54.1 cm³/mol. The van der Waals surface area contributed by atoms with Gasteiger partial charge in [0.25, 0.3) is 0 Å². The number of rotatable bonds is 2. The molecular weight excluding hydrogens is 196 g/mol. The minimum absolute atomic E-state index is 0.00608. The first-order valence-electron chi connectivity index (χ1n) is 4.71. The van der Waals surface area contributed by atoms with Crippen LogP contribution in [0.2, 0.25) is 0 Å². The topological polar surface area (TPSA) is 26.3 Å². The van der Waals surface area contributed by atoms with E-state index in [1.807, 2.05) is 18.2 Å². The summed E-state index contributed by atoms with van der Waals surface area (Å²) in [6.45, 7) is 0.593. The van der Waals surface area contributed by atoms with Gasteiger partial charge >= 0.3 is 5.97 Å². The third-order valence-corrected chi connectivity index (χ3v) is 4.32. The van der Waals surface area contributed by atoms with Crippen molar-refractivity contribution >= 4 is 17.7 Å². The molecule has 0 amide bonds. The molecule has 0 N–H and O–H groups in total. The number of fused-ring (bicyclic) bond motifs is 1. The summed E-state index contributed by atoms with van der Waals surface area (Å²) in [5, 5.41) is 0. The minimum atomic E-state index is -0.00608. The van der Waals surface area contributed by atoms with Crippen LogP contribution in [-0.2, 0) is 9.53 Å². The van der Waals surface area contributed by atoms with Crippen molar-refractivity contribution in [3.8, 4) is 0 Å². The summed E-state index contributed by atoms with van der Waals surface area (Å²) in [7, 11) is 0. The van der Waals surface area contributed by atoms with Crippen LogP contribution in [0.4, 0.5) is 0 Å². The standard InChI is InChI=1S/C11H10O2S/c12-10-9-6-11(9,7-13-10)14-8-4-2-1-3-5-8/h1-5,9H,6-7H2/t9-,11-/m0/s1. The highest BCUT2D eigenvalue weighted by atomic mass is 32.2. The monoisotopic (exact) mass is 206 g/mol. The first-order chi connectivity index (χ1) is 6.80. The number of esters is 1. The van der Waals surface area contributed by atoms with E-state index in [1.165, 1.54) is 4.90 Å². The Balaban J connectivity index is 1.78. The Kier molecular flexibility index (Phi) is 1.65. The Labute approximate surface area is 86.6 Å². The molecule has 1 saturated heterocycles. The maximum Gasteiger partial charge on any atom is 0.310 e.